The average molecular weight is 464 g/mol. The number of nitro groups is 1. The first-order chi connectivity index (χ1) is 16.4. The van der Waals surface area contributed by atoms with E-state index in [4.69, 9.17) is 4.74 Å². The van der Waals surface area contributed by atoms with Crippen LogP contribution in [0.4, 0.5) is 10.5 Å². The Morgan fingerprint density at radius 2 is 1.65 bits per heavy atom. The average Bonchev–Trinajstić information content (AvgIpc) is 3.16. The lowest BCUT2D eigenvalue weighted by molar-refractivity contribution is -0.386. The van der Waals surface area contributed by atoms with Crippen molar-refractivity contribution >= 4 is 11.8 Å². The Balaban J connectivity index is 1.29. The summed E-state index contributed by atoms with van der Waals surface area (Å²) in [6.07, 6.45) is -3.38. The Hall–Kier alpha value is -3.95. The number of aromatic hydroxyl groups is 1. The fourth-order valence-corrected chi connectivity index (χ4v) is 4.22. The smallest absolute Gasteiger partial charge is 0.407 e. The molecule has 176 valence electrons. The van der Waals surface area contributed by atoms with Crippen molar-refractivity contribution in [2.75, 3.05) is 13.2 Å². The van der Waals surface area contributed by atoms with Crippen LogP contribution in [0, 0.1) is 10.1 Å². The Bertz CT molecular complexity index is 1170. The molecule has 0 aromatic heterocycles. The summed E-state index contributed by atoms with van der Waals surface area (Å²) in [6, 6.07) is 19.4. The molecule has 9 nitrogen and oxygen atoms in total. The molecule has 0 aliphatic heterocycles. The lowest BCUT2D eigenvalue weighted by Gasteiger charge is -2.19. The minimum absolute atomic E-state index is 0.0139. The predicted octanol–water partition coefficient (Wildman–Crippen LogP) is 3.62. The molecule has 4 rings (SSSR count). The molecule has 0 saturated heterocycles. The van der Waals surface area contributed by atoms with Gasteiger partial charge in [0.2, 0.25) is 0 Å². The first kappa shape index (κ1) is 23.2. The fourth-order valence-electron chi connectivity index (χ4n) is 4.22. The van der Waals surface area contributed by atoms with Gasteiger partial charge in [-0.25, -0.2) is 4.79 Å². The maximum atomic E-state index is 12.2. The minimum atomic E-state index is -1.43. The molecule has 3 aromatic rings. The number of nitro benzene ring substituents is 1. The van der Waals surface area contributed by atoms with Gasteiger partial charge >= 0.3 is 11.8 Å². The summed E-state index contributed by atoms with van der Waals surface area (Å²) in [4.78, 5) is 22.4. The summed E-state index contributed by atoms with van der Waals surface area (Å²) in [7, 11) is 0. The van der Waals surface area contributed by atoms with Crippen LogP contribution in [0.15, 0.2) is 66.7 Å². The molecule has 4 N–H and O–H groups in total. The molecule has 34 heavy (non-hydrogen) atoms. The standard InChI is InChI=1S/C25H24N2O7/c28-22-10-9-15(13-21(22)27(32)33)24(30)23(29)11-12-26-25(31)34-14-20-18-7-3-1-5-16(18)17-6-2-4-8-19(17)20/h1-10,13,20,23-24,28-30H,11-12,14H2,(H,26,31). The van der Waals surface area contributed by atoms with Crippen molar-refractivity contribution in [3.8, 4) is 16.9 Å². The van der Waals surface area contributed by atoms with Crippen molar-refractivity contribution in [2.45, 2.75) is 24.5 Å². The summed E-state index contributed by atoms with van der Waals surface area (Å²) < 4.78 is 5.42. The van der Waals surface area contributed by atoms with Crippen LogP contribution in [0.2, 0.25) is 0 Å². The largest absolute Gasteiger partial charge is 0.502 e. The van der Waals surface area contributed by atoms with Crippen LogP contribution in [0.3, 0.4) is 0 Å². The summed E-state index contributed by atoms with van der Waals surface area (Å²) in [6.45, 7) is 0.178. The maximum absolute atomic E-state index is 12.2. The summed E-state index contributed by atoms with van der Waals surface area (Å²) >= 11 is 0. The fraction of sp³-hybridized carbons (Fsp3) is 0.240. The number of phenolic OH excluding ortho intramolecular Hbond substituents is 1. The Kier molecular flexibility index (Phi) is 6.76. The minimum Gasteiger partial charge on any atom is -0.502 e. The molecule has 3 aromatic carbocycles. The number of ether oxygens (including phenoxy) is 1. The second kappa shape index (κ2) is 9.90. The van der Waals surface area contributed by atoms with Gasteiger partial charge in [-0.05, 0) is 40.3 Å². The van der Waals surface area contributed by atoms with Gasteiger partial charge in [-0.15, -0.1) is 0 Å². The molecule has 0 saturated carbocycles. The molecule has 1 aliphatic carbocycles. The van der Waals surface area contributed by atoms with Crippen LogP contribution in [-0.4, -0.2) is 45.6 Å². The third kappa shape index (κ3) is 4.70. The molecule has 0 radical (unpaired) electrons. The number of carbonyl (C=O) groups is 1. The molecular weight excluding hydrogens is 440 g/mol. The van der Waals surface area contributed by atoms with Gasteiger partial charge in [-0.3, -0.25) is 10.1 Å². The van der Waals surface area contributed by atoms with Crippen LogP contribution in [0.5, 0.6) is 5.75 Å². The number of hydrogen-bond acceptors (Lipinski definition) is 7. The zero-order valence-electron chi connectivity index (χ0n) is 18.1. The van der Waals surface area contributed by atoms with Crippen LogP contribution in [-0.2, 0) is 4.74 Å². The highest BCUT2D eigenvalue weighted by Gasteiger charge is 2.29. The number of nitrogens with zero attached hydrogens (tertiary/aromatic N) is 1. The third-order valence-electron chi connectivity index (χ3n) is 5.96. The number of alkyl carbamates (subject to hydrolysis) is 1. The van der Waals surface area contributed by atoms with Gasteiger partial charge in [-0.1, -0.05) is 54.6 Å². The number of benzene rings is 3. The highest BCUT2D eigenvalue weighted by molar-refractivity contribution is 5.79. The van der Waals surface area contributed by atoms with Gasteiger partial charge in [0.1, 0.15) is 12.7 Å². The van der Waals surface area contributed by atoms with E-state index in [1.165, 1.54) is 6.07 Å². The van der Waals surface area contributed by atoms with E-state index in [-0.39, 0.29) is 31.1 Å². The van der Waals surface area contributed by atoms with Gasteiger partial charge in [-0.2, -0.15) is 0 Å². The first-order valence-corrected chi connectivity index (χ1v) is 10.8. The normalized spacial score (nSPS) is 14.1. The van der Waals surface area contributed by atoms with Gasteiger partial charge in [0.05, 0.1) is 11.0 Å². The molecule has 0 bridgehead atoms. The SMILES string of the molecule is O=C(NCCC(O)C(O)c1ccc(O)c([N+](=O)[O-])c1)OCC1c2ccccc2-c2ccccc21. The summed E-state index contributed by atoms with van der Waals surface area (Å²) in [5.41, 5.74) is 3.95. The monoisotopic (exact) mass is 464 g/mol. The number of nitrogens with one attached hydrogen (secondary N) is 1. The molecule has 0 fully saturated rings. The Morgan fingerprint density at radius 1 is 1.03 bits per heavy atom. The zero-order chi connectivity index (χ0) is 24.2. The number of rotatable bonds is 8. The van der Waals surface area contributed by atoms with Crippen LogP contribution in [0.1, 0.15) is 35.1 Å². The summed E-state index contributed by atoms with van der Waals surface area (Å²) in [5.74, 6) is -0.608. The van der Waals surface area contributed by atoms with Crippen molar-refractivity contribution < 1.29 is 29.8 Å². The van der Waals surface area contributed by atoms with Crippen LogP contribution in [0.25, 0.3) is 11.1 Å². The number of phenols is 1. The molecule has 9 heteroatoms. The van der Waals surface area contributed by atoms with E-state index < -0.39 is 34.7 Å². The topological polar surface area (TPSA) is 142 Å². The molecule has 0 heterocycles. The molecule has 1 amide bonds. The Labute approximate surface area is 195 Å². The van der Waals surface area contributed by atoms with E-state index >= 15 is 0 Å². The number of aliphatic hydroxyl groups excluding tert-OH is 2. The first-order valence-electron chi connectivity index (χ1n) is 10.8. The second-order valence-electron chi connectivity index (χ2n) is 8.06. The predicted molar refractivity (Wildman–Crippen MR) is 123 cm³/mol. The molecular formula is C25H24N2O7. The summed E-state index contributed by atoms with van der Waals surface area (Å²) in [5, 5.41) is 43.5. The Morgan fingerprint density at radius 3 is 2.26 bits per heavy atom. The number of fused-ring (bicyclic) bond motifs is 3. The van der Waals surface area contributed by atoms with Crippen molar-refractivity contribution in [1.82, 2.24) is 5.32 Å². The van der Waals surface area contributed by atoms with Gasteiger partial charge < -0.3 is 25.4 Å². The highest BCUT2D eigenvalue weighted by Crippen LogP contribution is 2.44. The van der Waals surface area contributed by atoms with Crippen molar-refractivity contribution in [1.29, 1.82) is 0 Å². The number of amides is 1. The van der Waals surface area contributed by atoms with Gasteiger partial charge in [0, 0.05) is 18.5 Å². The van der Waals surface area contributed by atoms with Crippen LogP contribution < -0.4 is 5.32 Å². The van der Waals surface area contributed by atoms with Crippen molar-refractivity contribution in [3.63, 3.8) is 0 Å². The van der Waals surface area contributed by atoms with Crippen molar-refractivity contribution in [3.05, 3.63) is 93.5 Å². The maximum Gasteiger partial charge on any atom is 0.407 e. The van der Waals surface area contributed by atoms with Gasteiger partial charge in [0.25, 0.3) is 0 Å². The molecule has 2 unspecified atom stereocenters. The molecule has 2 atom stereocenters. The number of aliphatic hydroxyl groups is 2. The van der Waals surface area contributed by atoms with E-state index in [9.17, 15) is 30.2 Å². The van der Waals surface area contributed by atoms with E-state index in [1.54, 1.807) is 0 Å². The molecule has 1 aliphatic rings. The number of hydrogen-bond donors (Lipinski definition) is 4. The lowest BCUT2D eigenvalue weighted by Crippen LogP contribution is -2.30. The lowest BCUT2D eigenvalue weighted by atomic mass is 9.98. The third-order valence-corrected chi connectivity index (χ3v) is 5.96. The van der Waals surface area contributed by atoms with Gasteiger partial charge in [0.15, 0.2) is 5.75 Å². The van der Waals surface area contributed by atoms with Crippen molar-refractivity contribution in [2.24, 2.45) is 0 Å². The van der Waals surface area contributed by atoms with E-state index in [0.29, 0.717) is 0 Å². The van der Waals surface area contributed by atoms with E-state index in [1.807, 2.05) is 48.5 Å². The number of carbonyl (C=O) groups excluding carboxylic acids is 1. The molecule has 0 spiro atoms. The van der Waals surface area contributed by atoms with E-state index in [2.05, 4.69) is 5.32 Å². The second-order valence-corrected chi connectivity index (χ2v) is 8.06. The van der Waals surface area contributed by atoms with Crippen LogP contribution >= 0.6 is 0 Å². The van der Waals surface area contributed by atoms with E-state index in [0.717, 1.165) is 34.4 Å². The highest BCUT2D eigenvalue weighted by atomic mass is 16.6. The quantitative estimate of drug-likeness (QED) is 0.295. The zero-order valence-corrected chi connectivity index (χ0v) is 18.1.